The van der Waals surface area contributed by atoms with E-state index in [1.807, 2.05) is 24.3 Å². The van der Waals surface area contributed by atoms with E-state index < -0.39 is 17.6 Å². The number of carbonyl (C=O) groups is 1. The van der Waals surface area contributed by atoms with E-state index in [2.05, 4.69) is 10.6 Å². The van der Waals surface area contributed by atoms with Crippen LogP contribution in [0.2, 0.25) is 0 Å². The summed E-state index contributed by atoms with van der Waals surface area (Å²) in [5, 5.41) is 6.37. The predicted octanol–water partition coefficient (Wildman–Crippen LogP) is 4.16. The van der Waals surface area contributed by atoms with E-state index in [4.69, 9.17) is 0 Å². The van der Waals surface area contributed by atoms with Gasteiger partial charge in [-0.3, -0.25) is 4.79 Å². The molecule has 1 fully saturated rings. The Kier molecular flexibility index (Phi) is 6.32. The van der Waals surface area contributed by atoms with Crippen molar-refractivity contribution in [1.82, 2.24) is 15.5 Å². The van der Waals surface area contributed by atoms with Crippen LogP contribution >= 0.6 is 0 Å². The van der Waals surface area contributed by atoms with Gasteiger partial charge in [0.1, 0.15) is 5.82 Å². The molecule has 0 spiro atoms. The van der Waals surface area contributed by atoms with Crippen molar-refractivity contribution in [3.8, 4) is 0 Å². The fourth-order valence-corrected chi connectivity index (χ4v) is 3.85. The number of fused-ring (bicyclic) bond motifs is 1. The van der Waals surface area contributed by atoms with Gasteiger partial charge in [0.05, 0.1) is 5.56 Å². The number of nitrogens with one attached hydrogen (secondary N) is 2. The molecule has 4 nitrogen and oxygen atoms in total. The zero-order valence-electron chi connectivity index (χ0n) is 17.3. The number of carbonyl (C=O) groups excluding carboxylic acids is 1. The predicted molar refractivity (Wildman–Crippen MR) is 115 cm³/mol. The number of amides is 1. The molecule has 168 valence electrons. The summed E-state index contributed by atoms with van der Waals surface area (Å²) < 4.78 is 52.9. The van der Waals surface area contributed by atoms with Crippen molar-refractivity contribution in [1.29, 1.82) is 0 Å². The molecule has 1 aliphatic carbocycles. The fraction of sp³-hybridized carbons (Fsp3) is 0.292. The molecule has 1 amide bonds. The third kappa shape index (κ3) is 5.19. The van der Waals surface area contributed by atoms with Crippen LogP contribution < -0.4 is 10.6 Å². The van der Waals surface area contributed by atoms with E-state index in [1.54, 1.807) is 23.1 Å². The Balaban J connectivity index is 1.50. The molecule has 8 heteroatoms. The van der Waals surface area contributed by atoms with E-state index >= 15 is 0 Å². The molecule has 0 saturated carbocycles. The highest BCUT2D eigenvalue weighted by Gasteiger charge is 2.34. The molecule has 4 rings (SSSR count). The van der Waals surface area contributed by atoms with Crippen molar-refractivity contribution < 1.29 is 22.4 Å². The molecule has 0 aromatic heterocycles. The van der Waals surface area contributed by atoms with Crippen molar-refractivity contribution in [2.45, 2.75) is 12.6 Å². The molecule has 1 atom stereocenters. The number of allylic oxidation sites excluding steroid dienone is 7. The fourth-order valence-electron chi connectivity index (χ4n) is 3.85. The third-order valence-corrected chi connectivity index (χ3v) is 5.50. The van der Waals surface area contributed by atoms with Gasteiger partial charge in [-0.25, -0.2) is 4.39 Å². The summed E-state index contributed by atoms with van der Waals surface area (Å²) in [6, 6.07) is 2.97. The van der Waals surface area contributed by atoms with Gasteiger partial charge in [0.25, 0.3) is 0 Å². The van der Waals surface area contributed by atoms with Gasteiger partial charge in [0.15, 0.2) is 0 Å². The lowest BCUT2D eigenvalue weighted by molar-refractivity contribution is -0.140. The van der Waals surface area contributed by atoms with Gasteiger partial charge in [-0.15, -0.1) is 0 Å². The van der Waals surface area contributed by atoms with Gasteiger partial charge in [0.2, 0.25) is 5.91 Å². The Morgan fingerprint density at radius 3 is 2.81 bits per heavy atom. The van der Waals surface area contributed by atoms with Crippen LogP contribution in [0.15, 0.2) is 72.0 Å². The highest BCUT2D eigenvalue weighted by atomic mass is 19.4. The summed E-state index contributed by atoms with van der Waals surface area (Å²) in [5.41, 5.74) is 0.910. The standard InChI is InChI=1S/C24H23F4N3O/c25-21-6-5-18(15-20(21)24(26,27)28)22-14-17-3-2-16(12-19(13-17)30-22)4-7-23(32)31-10-1-8-29-9-11-31/h2-7,12-15,17,29-30H,1,8-11H2/b7-4+/t17-/m0/s1. The minimum atomic E-state index is -4.77. The number of alkyl halides is 3. The zero-order chi connectivity index (χ0) is 22.7. The summed E-state index contributed by atoms with van der Waals surface area (Å²) in [4.78, 5) is 14.3. The van der Waals surface area contributed by atoms with Crippen LogP contribution in [0, 0.1) is 11.7 Å². The lowest BCUT2D eigenvalue weighted by Gasteiger charge is -2.20. The minimum absolute atomic E-state index is 0.0537. The summed E-state index contributed by atoms with van der Waals surface area (Å²) >= 11 is 0. The summed E-state index contributed by atoms with van der Waals surface area (Å²) in [6.07, 6.45) is 8.73. The van der Waals surface area contributed by atoms with E-state index in [9.17, 15) is 22.4 Å². The van der Waals surface area contributed by atoms with Gasteiger partial charge in [-0.05, 0) is 60.5 Å². The third-order valence-electron chi connectivity index (χ3n) is 5.50. The van der Waals surface area contributed by atoms with Crippen LogP contribution in [0.5, 0.6) is 0 Å². The molecule has 1 aromatic carbocycles. The van der Waals surface area contributed by atoms with Crippen molar-refractivity contribution in [3.05, 3.63) is 88.9 Å². The molecule has 0 radical (unpaired) electrons. The van der Waals surface area contributed by atoms with Crippen molar-refractivity contribution >= 4 is 11.6 Å². The van der Waals surface area contributed by atoms with Gasteiger partial charge in [-0.1, -0.05) is 18.2 Å². The smallest absolute Gasteiger partial charge is 0.355 e. The molecule has 2 aliphatic heterocycles. The Morgan fingerprint density at radius 1 is 1.16 bits per heavy atom. The zero-order valence-corrected chi connectivity index (χ0v) is 17.3. The molecule has 1 saturated heterocycles. The Hall–Kier alpha value is -3.13. The second-order valence-electron chi connectivity index (χ2n) is 7.86. The molecular weight excluding hydrogens is 422 g/mol. The topological polar surface area (TPSA) is 44.4 Å². The van der Waals surface area contributed by atoms with E-state index in [1.165, 1.54) is 6.07 Å². The Bertz CT molecular complexity index is 1040. The van der Waals surface area contributed by atoms with Crippen molar-refractivity contribution in [3.63, 3.8) is 0 Å². The first-order valence-electron chi connectivity index (χ1n) is 10.4. The normalized spacial score (nSPS) is 21.3. The molecule has 2 heterocycles. The number of halogens is 4. The van der Waals surface area contributed by atoms with Gasteiger partial charge >= 0.3 is 6.18 Å². The van der Waals surface area contributed by atoms with Gasteiger partial charge in [0, 0.05) is 43.0 Å². The Labute approximate surface area is 183 Å². The maximum Gasteiger partial charge on any atom is 0.419 e. The van der Waals surface area contributed by atoms with Gasteiger partial charge in [-0.2, -0.15) is 13.2 Å². The first-order valence-corrected chi connectivity index (χ1v) is 10.4. The number of rotatable bonds is 3. The lowest BCUT2D eigenvalue weighted by atomic mass is 9.98. The number of hydrogen-bond acceptors (Lipinski definition) is 3. The monoisotopic (exact) mass is 445 g/mol. The average molecular weight is 445 g/mol. The second kappa shape index (κ2) is 9.16. The van der Waals surface area contributed by atoms with Crippen LogP contribution in [-0.4, -0.2) is 37.0 Å². The maximum atomic E-state index is 13.7. The molecule has 3 aliphatic rings. The van der Waals surface area contributed by atoms with Crippen molar-refractivity contribution in [2.24, 2.45) is 5.92 Å². The van der Waals surface area contributed by atoms with E-state index in [0.717, 1.165) is 37.2 Å². The molecule has 2 bridgehead atoms. The average Bonchev–Trinajstić information content (AvgIpc) is 3.10. The van der Waals surface area contributed by atoms with E-state index in [-0.39, 0.29) is 17.4 Å². The maximum absolute atomic E-state index is 13.7. The quantitative estimate of drug-likeness (QED) is 0.543. The largest absolute Gasteiger partial charge is 0.419 e. The molecule has 1 aromatic rings. The first-order chi connectivity index (χ1) is 15.3. The van der Waals surface area contributed by atoms with Gasteiger partial charge < -0.3 is 15.5 Å². The van der Waals surface area contributed by atoms with Crippen molar-refractivity contribution in [2.75, 3.05) is 26.2 Å². The number of benzene rings is 1. The number of hydrogen-bond donors (Lipinski definition) is 2. The second-order valence-corrected chi connectivity index (χ2v) is 7.86. The highest BCUT2D eigenvalue weighted by molar-refractivity contribution is 5.88. The van der Waals surface area contributed by atoms with Crippen LogP contribution in [-0.2, 0) is 11.0 Å². The first kappa shape index (κ1) is 22.1. The SMILES string of the molecule is O=C(/C=C/C1=CC2=C[C@H](C=C1)C=C(c1ccc(F)c(C(F)(F)F)c1)N2)N1CCCNCC1. The van der Waals surface area contributed by atoms with Crippen LogP contribution in [0.1, 0.15) is 17.5 Å². The van der Waals surface area contributed by atoms with Crippen LogP contribution in [0.3, 0.4) is 0 Å². The lowest BCUT2D eigenvalue weighted by Crippen LogP contribution is -2.32. The number of dihydropyridines is 1. The molecule has 2 N–H and O–H groups in total. The van der Waals surface area contributed by atoms with Crippen LogP contribution in [0.4, 0.5) is 17.6 Å². The van der Waals surface area contributed by atoms with Crippen LogP contribution in [0.25, 0.3) is 5.70 Å². The highest BCUT2D eigenvalue weighted by Crippen LogP contribution is 2.34. The van der Waals surface area contributed by atoms with E-state index in [0.29, 0.717) is 24.5 Å². The molecular formula is C24H23F4N3O. The Morgan fingerprint density at radius 2 is 2.00 bits per heavy atom. The number of nitrogens with zero attached hydrogens (tertiary/aromatic N) is 1. The summed E-state index contributed by atoms with van der Waals surface area (Å²) in [7, 11) is 0. The summed E-state index contributed by atoms with van der Waals surface area (Å²) in [6.45, 7) is 3.05. The molecule has 0 unspecified atom stereocenters. The molecule has 32 heavy (non-hydrogen) atoms. The summed E-state index contributed by atoms with van der Waals surface area (Å²) in [5.74, 6) is -1.50. The minimum Gasteiger partial charge on any atom is -0.355 e.